The molecule has 256 valence electrons. The van der Waals surface area contributed by atoms with E-state index in [0.29, 0.717) is 29.3 Å². The molecule has 4 nitrogen and oxygen atoms in total. The SMILES string of the molecule is c1ccc(-c2ccc(-c3nc(-c4ccc(-c5ccccc5)cc4)nc(-c4ccc5c(c4)C4(c6ccccc6O5)C5CC6CC(C5)CC4C6)n3)cc2)cc1. The Bertz CT molecular complexity index is 2340. The van der Waals surface area contributed by atoms with Crippen molar-refractivity contribution in [3.63, 3.8) is 0 Å². The van der Waals surface area contributed by atoms with Gasteiger partial charge in [-0.25, -0.2) is 15.0 Å². The summed E-state index contributed by atoms with van der Waals surface area (Å²) in [5, 5.41) is 0. The number of hydrogen-bond acceptors (Lipinski definition) is 4. The number of ether oxygens (including phenoxy) is 1. The number of nitrogens with zero attached hydrogens (tertiary/aromatic N) is 3. The third kappa shape index (κ3) is 4.99. The molecule has 4 saturated carbocycles. The Morgan fingerprint density at radius 2 is 0.792 bits per heavy atom. The summed E-state index contributed by atoms with van der Waals surface area (Å²) in [6.07, 6.45) is 6.65. The highest BCUT2D eigenvalue weighted by Gasteiger charge is 2.61. The molecule has 0 N–H and O–H groups in total. The van der Waals surface area contributed by atoms with Gasteiger partial charge in [-0.2, -0.15) is 0 Å². The van der Waals surface area contributed by atoms with E-state index in [1.807, 2.05) is 0 Å². The van der Waals surface area contributed by atoms with Gasteiger partial charge in [-0.3, -0.25) is 0 Å². The molecule has 5 aliphatic rings. The van der Waals surface area contributed by atoms with Crippen molar-refractivity contribution in [1.82, 2.24) is 15.0 Å². The highest BCUT2D eigenvalue weighted by molar-refractivity contribution is 5.73. The van der Waals surface area contributed by atoms with Crippen molar-refractivity contribution in [2.75, 3.05) is 0 Å². The quantitative estimate of drug-likeness (QED) is 0.181. The second-order valence-corrected chi connectivity index (χ2v) is 15.7. The highest BCUT2D eigenvalue weighted by atomic mass is 16.5. The lowest BCUT2D eigenvalue weighted by Crippen LogP contribution is -2.56. The summed E-state index contributed by atoms with van der Waals surface area (Å²) in [7, 11) is 0. The largest absolute Gasteiger partial charge is 0.457 e. The zero-order chi connectivity index (χ0) is 34.9. The molecule has 1 aromatic heterocycles. The molecule has 0 radical (unpaired) electrons. The molecular weight excluding hydrogens is 647 g/mol. The van der Waals surface area contributed by atoms with E-state index in [1.165, 1.54) is 54.4 Å². The van der Waals surface area contributed by atoms with Gasteiger partial charge in [0.2, 0.25) is 0 Å². The van der Waals surface area contributed by atoms with Crippen LogP contribution in [0.1, 0.15) is 43.2 Å². The zero-order valence-corrected chi connectivity index (χ0v) is 29.5. The summed E-state index contributed by atoms with van der Waals surface area (Å²) in [6.45, 7) is 0. The molecule has 1 aliphatic heterocycles. The van der Waals surface area contributed by atoms with Crippen molar-refractivity contribution in [3.05, 3.63) is 163 Å². The summed E-state index contributed by atoms with van der Waals surface area (Å²) in [5.74, 6) is 7.00. The lowest BCUT2D eigenvalue weighted by Gasteiger charge is -2.63. The van der Waals surface area contributed by atoms with Crippen molar-refractivity contribution < 1.29 is 4.74 Å². The first kappa shape index (κ1) is 30.7. The van der Waals surface area contributed by atoms with E-state index in [1.54, 1.807) is 0 Å². The minimum atomic E-state index is -0.0488. The van der Waals surface area contributed by atoms with Crippen molar-refractivity contribution in [1.29, 1.82) is 0 Å². The predicted molar refractivity (Wildman–Crippen MR) is 211 cm³/mol. The first-order chi connectivity index (χ1) is 26.2. The summed E-state index contributed by atoms with van der Waals surface area (Å²) in [6, 6.07) is 53.7. The van der Waals surface area contributed by atoms with E-state index in [-0.39, 0.29) is 5.41 Å². The Labute approximate surface area is 310 Å². The average molecular weight is 686 g/mol. The molecule has 0 saturated heterocycles. The van der Waals surface area contributed by atoms with E-state index in [0.717, 1.165) is 51.2 Å². The topological polar surface area (TPSA) is 47.9 Å². The van der Waals surface area contributed by atoms with Gasteiger partial charge in [0.1, 0.15) is 11.5 Å². The molecule has 4 heteroatoms. The van der Waals surface area contributed by atoms with Gasteiger partial charge in [-0.1, -0.05) is 127 Å². The Morgan fingerprint density at radius 3 is 1.34 bits per heavy atom. The number of fused-ring (bicyclic) bond motifs is 2. The fourth-order valence-electron chi connectivity index (χ4n) is 10.7. The van der Waals surface area contributed by atoms with Gasteiger partial charge < -0.3 is 4.74 Å². The Balaban J connectivity index is 1.05. The summed E-state index contributed by atoms with van der Waals surface area (Å²) < 4.78 is 6.73. The van der Waals surface area contributed by atoms with Crippen molar-refractivity contribution >= 4 is 0 Å². The molecule has 1 spiro atoms. The summed E-state index contributed by atoms with van der Waals surface area (Å²) >= 11 is 0. The van der Waals surface area contributed by atoms with Crippen LogP contribution in [0.25, 0.3) is 56.4 Å². The van der Waals surface area contributed by atoms with Crippen LogP contribution in [0, 0.1) is 23.7 Å². The van der Waals surface area contributed by atoms with Crippen LogP contribution < -0.4 is 4.74 Å². The van der Waals surface area contributed by atoms with Gasteiger partial charge in [-0.15, -0.1) is 0 Å². The maximum Gasteiger partial charge on any atom is 0.164 e. The van der Waals surface area contributed by atoms with Crippen molar-refractivity contribution in [3.8, 4) is 67.9 Å². The Hall–Kier alpha value is -5.87. The normalized spacial score (nSPS) is 23.3. The molecule has 12 rings (SSSR count). The van der Waals surface area contributed by atoms with Gasteiger partial charge in [0.15, 0.2) is 17.5 Å². The monoisotopic (exact) mass is 685 g/mol. The van der Waals surface area contributed by atoms with Crippen LogP contribution >= 0.6 is 0 Å². The van der Waals surface area contributed by atoms with E-state index in [2.05, 4.69) is 152 Å². The summed E-state index contributed by atoms with van der Waals surface area (Å²) in [4.78, 5) is 15.6. The van der Waals surface area contributed by atoms with Gasteiger partial charge in [0.05, 0.1) is 0 Å². The van der Waals surface area contributed by atoms with Crippen molar-refractivity contribution in [2.45, 2.75) is 37.5 Å². The van der Waals surface area contributed by atoms with Crippen LogP contribution in [0.4, 0.5) is 0 Å². The predicted octanol–water partition coefficient (Wildman–Crippen LogP) is 12.1. The molecule has 4 aliphatic carbocycles. The van der Waals surface area contributed by atoms with Crippen molar-refractivity contribution in [2.24, 2.45) is 23.7 Å². The van der Waals surface area contributed by atoms with Crippen LogP contribution in [0.3, 0.4) is 0 Å². The number of hydrogen-bond donors (Lipinski definition) is 0. The molecule has 0 unspecified atom stereocenters. The van der Waals surface area contributed by atoms with E-state index >= 15 is 0 Å². The van der Waals surface area contributed by atoms with E-state index < -0.39 is 0 Å². The molecule has 4 fully saturated rings. The highest BCUT2D eigenvalue weighted by Crippen LogP contribution is 2.69. The maximum absolute atomic E-state index is 6.73. The van der Waals surface area contributed by atoms with E-state index in [9.17, 15) is 0 Å². The Kier molecular flexibility index (Phi) is 7.01. The zero-order valence-electron chi connectivity index (χ0n) is 29.5. The van der Waals surface area contributed by atoms with Gasteiger partial charge in [0, 0.05) is 33.2 Å². The smallest absolute Gasteiger partial charge is 0.164 e. The first-order valence-corrected chi connectivity index (χ1v) is 19.2. The number of rotatable bonds is 5. The summed E-state index contributed by atoms with van der Waals surface area (Å²) in [5.41, 5.74) is 10.3. The molecule has 53 heavy (non-hydrogen) atoms. The molecule has 7 aromatic rings. The molecule has 0 atom stereocenters. The molecular formula is C49H39N3O. The fourth-order valence-corrected chi connectivity index (χ4v) is 10.7. The van der Waals surface area contributed by atoms with E-state index in [4.69, 9.17) is 19.7 Å². The van der Waals surface area contributed by atoms with Crippen LogP contribution in [-0.4, -0.2) is 15.0 Å². The minimum absolute atomic E-state index is 0.0488. The molecule has 2 heterocycles. The van der Waals surface area contributed by atoms with Crippen LogP contribution in [0.2, 0.25) is 0 Å². The lowest BCUT2D eigenvalue weighted by atomic mass is 9.42. The third-order valence-corrected chi connectivity index (χ3v) is 12.8. The number of benzene rings is 6. The first-order valence-electron chi connectivity index (χ1n) is 19.2. The van der Waals surface area contributed by atoms with Gasteiger partial charge in [-0.05, 0) is 102 Å². The second-order valence-electron chi connectivity index (χ2n) is 15.7. The average Bonchev–Trinajstić information content (AvgIpc) is 3.22. The third-order valence-electron chi connectivity index (χ3n) is 12.8. The fraction of sp³-hybridized carbons (Fsp3) is 0.204. The van der Waals surface area contributed by atoms with Crippen LogP contribution in [0.5, 0.6) is 11.5 Å². The molecule has 6 aromatic carbocycles. The maximum atomic E-state index is 6.73. The lowest BCUT2D eigenvalue weighted by molar-refractivity contribution is -0.0452. The van der Waals surface area contributed by atoms with Crippen LogP contribution in [0.15, 0.2) is 152 Å². The molecule has 4 bridgehead atoms. The standard InChI is InChI=1S/C49H39N3O/c1-3-9-33(10-4-1)35-15-19-37(20-16-35)46-50-47(38-21-17-36(18-22-38)34-11-5-2-6-12-34)52-48(51-46)39-23-24-45-43(30-39)49(42-13-7-8-14-44(42)53-45)40-26-31-25-32(28-40)29-41(49)27-31/h1-24,30-32,40-41H,25-29H2. The van der Waals surface area contributed by atoms with Gasteiger partial charge >= 0.3 is 0 Å². The number of aromatic nitrogens is 3. The van der Waals surface area contributed by atoms with Crippen LogP contribution in [-0.2, 0) is 5.41 Å². The number of para-hydroxylation sites is 1. The second kappa shape index (κ2) is 12.1. The molecule has 0 amide bonds. The minimum Gasteiger partial charge on any atom is -0.457 e. The van der Waals surface area contributed by atoms with Gasteiger partial charge in [0.25, 0.3) is 0 Å². The Morgan fingerprint density at radius 1 is 0.377 bits per heavy atom.